The van der Waals surface area contributed by atoms with Crippen LogP contribution in [-0.4, -0.2) is 23.4 Å². The molecule has 1 saturated carbocycles. The fraction of sp³-hybridized carbons (Fsp3) is 0.692. The van der Waals surface area contributed by atoms with Crippen molar-refractivity contribution in [3.05, 3.63) is 11.6 Å². The summed E-state index contributed by atoms with van der Waals surface area (Å²) in [5.41, 5.74) is 0.785. The summed E-state index contributed by atoms with van der Waals surface area (Å²) in [4.78, 5) is 16.0. The number of hydrogen-bond donors (Lipinski definition) is 1. The normalized spacial score (nSPS) is 27.5. The molecule has 0 saturated heterocycles. The monoisotopic (exact) mass is 239 g/mol. The zero-order valence-electron chi connectivity index (χ0n) is 11.1. The van der Waals surface area contributed by atoms with E-state index in [9.17, 15) is 4.79 Å². The van der Waals surface area contributed by atoms with Crippen molar-refractivity contribution in [2.45, 2.75) is 40.7 Å². The Morgan fingerprint density at radius 3 is 2.47 bits per heavy atom. The summed E-state index contributed by atoms with van der Waals surface area (Å²) in [5.74, 6) is -0.915. The second kappa shape index (κ2) is 4.90. The lowest BCUT2D eigenvalue weighted by Crippen LogP contribution is -2.03. The van der Waals surface area contributed by atoms with Gasteiger partial charge in [-0.05, 0) is 37.7 Å². The Bertz CT molecular complexity index is 356. The highest BCUT2D eigenvalue weighted by atomic mass is 16.6. The van der Waals surface area contributed by atoms with Crippen LogP contribution in [0, 0.1) is 17.3 Å². The predicted octanol–water partition coefficient (Wildman–Crippen LogP) is 2.70. The molecule has 0 aromatic rings. The highest BCUT2D eigenvalue weighted by Crippen LogP contribution is 2.59. The first-order valence-electron chi connectivity index (χ1n) is 5.87. The minimum absolute atomic E-state index is 0.0585. The van der Waals surface area contributed by atoms with Crippen molar-refractivity contribution >= 4 is 12.2 Å². The number of carbonyl (C=O) groups is 1. The molecule has 4 heteroatoms. The average molecular weight is 239 g/mol. The van der Waals surface area contributed by atoms with Gasteiger partial charge in [0.1, 0.15) is 6.10 Å². The summed E-state index contributed by atoms with van der Waals surface area (Å²) in [7, 11) is 0. The van der Waals surface area contributed by atoms with Gasteiger partial charge in [0, 0.05) is 0 Å². The third kappa shape index (κ3) is 3.32. The van der Waals surface area contributed by atoms with Crippen LogP contribution < -0.4 is 0 Å². The standard InChI is InChI=1S/C13H21NO3/c1-8(2)17-14-7-9(3)6-10-11(12(15)16)13(10,4)5/h6-8,10-11H,1-5H3,(H,15,16)/b9-6-,14-7-/t10?,11-/m0/s1. The SMILES string of the molecule is CC(/C=N\OC(C)C)=C/C1[C@@H](C(=O)O)C1(C)C. The molecule has 2 atom stereocenters. The van der Waals surface area contributed by atoms with Crippen molar-refractivity contribution in [2.75, 3.05) is 0 Å². The number of hydrogen-bond acceptors (Lipinski definition) is 3. The number of oxime groups is 1. The third-order valence-electron chi connectivity index (χ3n) is 3.15. The van der Waals surface area contributed by atoms with Crippen LogP contribution in [0.15, 0.2) is 16.8 Å². The molecular weight excluding hydrogens is 218 g/mol. The van der Waals surface area contributed by atoms with E-state index in [-0.39, 0.29) is 23.4 Å². The van der Waals surface area contributed by atoms with Crippen LogP contribution in [-0.2, 0) is 9.63 Å². The highest BCUT2D eigenvalue weighted by Gasteiger charge is 2.60. The first kappa shape index (κ1) is 13.7. The maximum absolute atomic E-state index is 11.0. The lowest BCUT2D eigenvalue weighted by atomic mass is 10.1. The average Bonchev–Trinajstić information content (AvgIpc) is 2.67. The van der Waals surface area contributed by atoms with Gasteiger partial charge in [0.05, 0.1) is 12.1 Å². The van der Waals surface area contributed by atoms with Crippen LogP contribution in [0.1, 0.15) is 34.6 Å². The van der Waals surface area contributed by atoms with Gasteiger partial charge in [-0.2, -0.15) is 0 Å². The minimum atomic E-state index is -0.723. The first-order chi connectivity index (χ1) is 7.76. The Hall–Kier alpha value is -1.32. The largest absolute Gasteiger partial charge is 0.481 e. The summed E-state index contributed by atoms with van der Waals surface area (Å²) >= 11 is 0. The molecule has 0 aromatic heterocycles. The van der Waals surface area contributed by atoms with Gasteiger partial charge in [-0.25, -0.2) is 0 Å². The zero-order valence-corrected chi connectivity index (χ0v) is 11.1. The van der Waals surface area contributed by atoms with E-state index >= 15 is 0 Å². The van der Waals surface area contributed by atoms with Crippen molar-refractivity contribution in [3.8, 4) is 0 Å². The number of nitrogens with zero attached hydrogens (tertiary/aromatic N) is 1. The van der Waals surface area contributed by atoms with Gasteiger partial charge in [-0.3, -0.25) is 4.79 Å². The Balaban J connectivity index is 2.59. The number of carboxylic acid groups (broad SMARTS) is 1. The molecule has 0 aliphatic heterocycles. The van der Waals surface area contributed by atoms with Crippen LogP contribution >= 0.6 is 0 Å². The molecule has 0 heterocycles. The lowest BCUT2D eigenvalue weighted by Gasteiger charge is -2.00. The van der Waals surface area contributed by atoms with Crippen LogP contribution in [0.25, 0.3) is 0 Å². The van der Waals surface area contributed by atoms with Crippen LogP contribution in [0.3, 0.4) is 0 Å². The summed E-state index contributed by atoms with van der Waals surface area (Å²) in [6.07, 6.45) is 3.66. The van der Waals surface area contributed by atoms with E-state index < -0.39 is 5.97 Å². The number of aliphatic carboxylic acids is 1. The van der Waals surface area contributed by atoms with Gasteiger partial charge >= 0.3 is 5.97 Å². The molecule has 0 amide bonds. The number of allylic oxidation sites excluding steroid dienone is 2. The molecule has 1 rings (SSSR count). The minimum Gasteiger partial charge on any atom is -0.481 e. The van der Waals surface area contributed by atoms with Gasteiger partial charge in [0.2, 0.25) is 0 Å². The van der Waals surface area contributed by atoms with Gasteiger partial charge in [-0.15, -0.1) is 0 Å². The van der Waals surface area contributed by atoms with Gasteiger partial charge in [0.15, 0.2) is 0 Å². The Morgan fingerprint density at radius 2 is 2.06 bits per heavy atom. The summed E-state index contributed by atoms with van der Waals surface area (Å²) in [6.45, 7) is 9.66. The van der Waals surface area contributed by atoms with E-state index in [0.29, 0.717) is 0 Å². The van der Waals surface area contributed by atoms with E-state index in [1.54, 1.807) is 6.21 Å². The summed E-state index contributed by atoms with van der Waals surface area (Å²) in [6, 6.07) is 0. The molecular formula is C13H21NO3. The quantitative estimate of drug-likeness (QED) is 0.592. The number of carboxylic acids is 1. The molecule has 17 heavy (non-hydrogen) atoms. The van der Waals surface area contributed by atoms with Gasteiger partial charge in [-0.1, -0.05) is 25.1 Å². The second-order valence-electron chi connectivity index (χ2n) is 5.46. The summed E-state index contributed by atoms with van der Waals surface area (Å²) in [5, 5.41) is 12.9. The fourth-order valence-electron chi connectivity index (χ4n) is 2.02. The molecule has 96 valence electrons. The molecule has 0 spiro atoms. The Morgan fingerprint density at radius 1 is 1.47 bits per heavy atom. The van der Waals surface area contributed by atoms with Gasteiger partial charge in [0.25, 0.3) is 0 Å². The highest BCUT2D eigenvalue weighted by molar-refractivity contribution is 5.80. The van der Waals surface area contributed by atoms with Crippen molar-refractivity contribution < 1.29 is 14.7 Å². The maximum Gasteiger partial charge on any atom is 0.307 e. The topological polar surface area (TPSA) is 58.9 Å². The maximum atomic E-state index is 11.0. The fourth-order valence-corrected chi connectivity index (χ4v) is 2.02. The van der Waals surface area contributed by atoms with Crippen LogP contribution in [0.2, 0.25) is 0 Å². The van der Waals surface area contributed by atoms with Crippen molar-refractivity contribution in [3.63, 3.8) is 0 Å². The second-order valence-corrected chi connectivity index (χ2v) is 5.46. The van der Waals surface area contributed by atoms with E-state index in [1.165, 1.54) is 0 Å². The Kier molecular flexibility index (Phi) is 3.96. The molecule has 1 unspecified atom stereocenters. The van der Waals surface area contributed by atoms with Gasteiger partial charge < -0.3 is 9.94 Å². The molecule has 0 radical (unpaired) electrons. The molecule has 1 aliphatic rings. The molecule has 0 aromatic carbocycles. The van der Waals surface area contributed by atoms with Crippen molar-refractivity contribution in [1.82, 2.24) is 0 Å². The Labute approximate surface area is 102 Å². The van der Waals surface area contributed by atoms with E-state index in [0.717, 1.165) is 5.57 Å². The van der Waals surface area contributed by atoms with E-state index in [2.05, 4.69) is 5.16 Å². The van der Waals surface area contributed by atoms with Crippen LogP contribution in [0.4, 0.5) is 0 Å². The third-order valence-corrected chi connectivity index (χ3v) is 3.15. The molecule has 1 fully saturated rings. The molecule has 0 bridgehead atoms. The smallest absolute Gasteiger partial charge is 0.307 e. The first-order valence-corrected chi connectivity index (χ1v) is 5.87. The zero-order chi connectivity index (χ0) is 13.2. The van der Waals surface area contributed by atoms with Crippen molar-refractivity contribution in [1.29, 1.82) is 0 Å². The van der Waals surface area contributed by atoms with Crippen LogP contribution in [0.5, 0.6) is 0 Å². The predicted molar refractivity (Wildman–Crippen MR) is 66.9 cm³/mol. The lowest BCUT2D eigenvalue weighted by molar-refractivity contribution is -0.139. The summed E-state index contributed by atoms with van der Waals surface area (Å²) < 4.78 is 0. The van der Waals surface area contributed by atoms with E-state index in [1.807, 2.05) is 40.7 Å². The molecule has 1 N–H and O–H groups in total. The van der Waals surface area contributed by atoms with E-state index in [4.69, 9.17) is 9.94 Å². The molecule has 1 aliphatic carbocycles. The molecule has 4 nitrogen and oxygen atoms in total. The number of rotatable bonds is 5. The van der Waals surface area contributed by atoms with Crippen molar-refractivity contribution in [2.24, 2.45) is 22.4 Å².